The first kappa shape index (κ1) is 22.0. The van der Waals surface area contributed by atoms with Crippen LogP contribution in [0.5, 0.6) is 0 Å². The minimum absolute atomic E-state index is 0.0943. The van der Waals surface area contributed by atoms with Crippen molar-refractivity contribution in [2.75, 3.05) is 13.1 Å². The van der Waals surface area contributed by atoms with Gasteiger partial charge in [0.2, 0.25) is 0 Å². The van der Waals surface area contributed by atoms with Gasteiger partial charge < -0.3 is 10.0 Å². The molecule has 8 heteroatoms. The molecule has 1 amide bonds. The Hall–Kier alpha value is -2.77. The predicted octanol–water partition coefficient (Wildman–Crippen LogP) is 4.59. The normalized spacial score (nSPS) is 18.9. The van der Waals surface area contributed by atoms with Crippen molar-refractivity contribution < 1.29 is 9.90 Å². The molecule has 2 fully saturated rings. The molecule has 0 unspecified atom stereocenters. The highest BCUT2D eigenvalue weighted by Gasteiger charge is 2.41. The molecule has 2 N–H and O–H groups in total. The summed E-state index contributed by atoms with van der Waals surface area (Å²) in [7, 11) is 0. The second kappa shape index (κ2) is 9.23. The van der Waals surface area contributed by atoms with Crippen LogP contribution in [0.15, 0.2) is 42.9 Å². The summed E-state index contributed by atoms with van der Waals surface area (Å²) in [6.07, 6.45) is 8.98. The number of aliphatic hydroxyl groups is 1. The van der Waals surface area contributed by atoms with Gasteiger partial charge in [-0.1, -0.05) is 43.0 Å². The molecule has 3 heterocycles. The largest absolute Gasteiger partial charge is 0.380 e. The van der Waals surface area contributed by atoms with Crippen LogP contribution in [0.2, 0.25) is 5.02 Å². The quantitative estimate of drug-likeness (QED) is 0.587. The second-order valence-corrected chi connectivity index (χ2v) is 9.56. The fourth-order valence-corrected chi connectivity index (χ4v) is 5.31. The van der Waals surface area contributed by atoms with Crippen molar-refractivity contribution in [1.82, 2.24) is 25.1 Å². The Bertz CT molecular complexity index is 1100. The lowest BCUT2D eigenvalue weighted by molar-refractivity contribution is -0.155. The molecule has 3 aromatic rings. The average molecular weight is 466 g/mol. The Morgan fingerprint density at radius 3 is 2.48 bits per heavy atom. The van der Waals surface area contributed by atoms with Crippen molar-refractivity contribution in [3.8, 4) is 22.5 Å². The number of nitrogens with zero attached hydrogens (tertiary/aromatic N) is 4. The van der Waals surface area contributed by atoms with E-state index in [1.165, 1.54) is 0 Å². The third-order valence-corrected chi connectivity index (χ3v) is 7.27. The van der Waals surface area contributed by atoms with Gasteiger partial charge in [0.1, 0.15) is 17.6 Å². The summed E-state index contributed by atoms with van der Waals surface area (Å²) in [5.41, 5.74) is 3.43. The van der Waals surface area contributed by atoms with E-state index in [4.69, 9.17) is 11.6 Å². The van der Waals surface area contributed by atoms with Crippen LogP contribution in [0.3, 0.4) is 0 Å². The van der Waals surface area contributed by atoms with Crippen LogP contribution >= 0.6 is 11.6 Å². The Morgan fingerprint density at radius 1 is 1.09 bits per heavy atom. The molecule has 1 aromatic carbocycles. The zero-order valence-electron chi connectivity index (χ0n) is 18.5. The molecule has 5 rings (SSSR count). The van der Waals surface area contributed by atoms with E-state index in [0.29, 0.717) is 31.0 Å². The van der Waals surface area contributed by atoms with E-state index in [1.54, 1.807) is 12.5 Å². The van der Waals surface area contributed by atoms with Crippen molar-refractivity contribution in [1.29, 1.82) is 0 Å². The van der Waals surface area contributed by atoms with Gasteiger partial charge in [0.05, 0.1) is 5.69 Å². The van der Waals surface area contributed by atoms with Crippen molar-refractivity contribution in [3.63, 3.8) is 0 Å². The lowest BCUT2D eigenvalue weighted by Gasteiger charge is -2.39. The van der Waals surface area contributed by atoms with E-state index in [9.17, 15) is 9.90 Å². The first-order chi connectivity index (χ1) is 16.0. The zero-order valence-corrected chi connectivity index (χ0v) is 19.3. The lowest BCUT2D eigenvalue weighted by atomic mass is 9.82. The molecule has 0 radical (unpaired) electrons. The summed E-state index contributed by atoms with van der Waals surface area (Å²) < 4.78 is 0. The Kier molecular flexibility index (Phi) is 6.17. The molecule has 0 spiro atoms. The molecule has 33 heavy (non-hydrogen) atoms. The number of carbonyl (C=O) groups excluding carboxylic acids is 1. The third kappa shape index (κ3) is 4.39. The third-order valence-electron chi connectivity index (χ3n) is 7.02. The Morgan fingerprint density at radius 2 is 1.82 bits per heavy atom. The number of nitrogens with one attached hydrogen (secondary N) is 1. The molecule has 1 aliphatic heterocycles. The first-order valence-corrected chi connectivity index (χ1v) is 12.1. The number of rotatable bonds is 4. The van der Waals surface area contributed by atoms with Crippen LogP contribution in [-0.2, 0) is 4.79 Å². The van der Waals surface area contributed by atoms with Crippen LogP contribution in [0.4, 0.5) is 0 Å². The lowest BCUT2D eigenvalue weighted by Crippen LogP contribution is -2.52. The minimum atomic E-state index is -1.17. The SMILES string of the molecule is O=C(N1CCC(c2[nH]nc(-c3ccc(Cl)cc3)c2-c2ccncn2)CC1)C1(O)CCCCC1. The van der Waals surface area contributed by atoms with Gasteiger partial charge in [-0.2, -0.15) is 5.10 Å². The van der Waals surface area contributed by atoms with Crippen LogP contribution in [0.1, 0.15) is 56.6 Å². The van der Waals surface area contributed by atoms with Crippen LogP contribution in [-0.4, -0.2) is 54.8 Å². The molecule has 2 aliphatic rings. The minimum Gasteiger partial charge on any atom is -0.380 e. The van der Waals surface area contributed by atoms with Crippen LogP contribution in [0.25, 0.3) is 22.5 Å². The number of hydrogen-bond donors (Lipinski definition) is 2. The highest BCUT2D eigenvalue weighted by atomic mass is 35.5. The molecule has 1 aliphatic carbocycles. The van der Waals surface area contributed by atoms with E-state index in [1.807, 2.05) is 35.2 Å². The monoisotopic (exact) mass is 465 g/mol. The molecule has 7 nitrogen and oxygen atoms in total. The zero-order chi connectivity index (χ0) is 22.8. The van der Waals surface area contributed by atoms with Crippen molar-refractivity contribution in [2.45, 2.75) is 56.5 Å². The van der Waals surface area contributed by atoms with Gasteiger partial charge in [-0.3, -0.25) is 9.89 Å². The number of carbonyl (C=O) groups is 1. The van der Waals surface area contributed by atoms with Gasteiger partial charge in [0, 0.05) is 47.0 Å². The number of benzene rings is 1. The van der Waals surface area contributed by atoms with Gasteiger partial charge in [0.25, 0.3) is 5.91 Å². The smallest absolute Gasteiger partial charge is 0.254 e. The van der Waals surface area contributed by atoms with E-state index in [0.717, 1.165) is 60.3 Å². The predicted molar refractivity (Wildman–Crippen MR) is 127 cm³/mol. The molecule has 1 saturated heterocycles. The average Bonchev–Trinajstić information content (AvgIpc) is 3.30. The number of amides is 1. The van der Waals surface area contributed by atoms with Crippen molar-refractivity contribution in [2.24, 2.45) is 0 Å². The summed E-state index contributed by atoms with van der Waals surface area (Å²) in [5, 5.41) is 19.5. The Labute approximate surface area is 198 Å². The molecular formula is C25H28ClN5O2. The highest BCUT2D eigenvalue weighted by molar-refractivity contribution is 6.30. The fraction of sp³-hybridized carbons (Fsp3) is 0.440. The molecular weight excluding hydrogens is 438 g/mol. The molecule has 2 aromatic heterocycles. The number of piperidine rings is 1. The molecule has 0 atom stereocenters. The number of halogens is 1. The van der Waals surface area contributed by atoms with Crippen LogP contribution < -0.4 is 0 Å². The maximum Gasteiger partial charge on any atom is 0.254 e. The van der Waals surface area contributed by atoms with Gasteiger partial charge in [-0.15, -0.1) is 0 Å². The van der Waals surface area contributed by atoms with Gasteiger partial charge in [0.15, 0.2) is 0 Å². The maximum atomic E-state index is 13.1. The van der Waals surface area contributed by atoms with E-state index >= 15 is 0 Å². The number of likely N-dealkylation sites (tertiary alicyclic amines) is 1. The first-order valence-electron chi connectivity index (χ1n) is 11.7. The number of hydrogen-bond acceptors (Lipinski definition) is 5. The van der Waals surface area contributed by atoms with Crippen molar-refractivity contribution in [3.05, 3.63) is 53.6 Å². The summed E-state index contributed by atoms with van der Waals surface area (Å²) in [6.45, 7) is 1.26. The van der Waals surface area contributed by atoms with Gasteiger partial charge >= 0.3 is 0 Å². The van der Waals surface area contributed by atoms with Crippen molar-refractivity contribution >= 4 is 17.5 Å². The van der Waals surface area contributed by atoms with Gasteiger partial charge in [-0.05, 0) is 43.9 Å². The van der Waals surface area contributed by atoms with E-state index in [2.05, 4.69) is 20.2 Å². The van der Waals surface area contributed by atoms with E-state index in [-0.39, 0.29) is 11.8 Å². The maximum absolute atomic E-state index is 13.1. The topological polar surface area (TPSA) is 95.0 Å². The summed E-state index contributed by atoms with van der Waals surface area (Å²) in [4.78, 5) is 23.5. The molecule has 0 bridgehead atoms. The summed E-state index contributed by atoms with van der Waals surface area (Å²) in [6, 6.07) is 9.52. The second-order valence-electron chi connectivity index (χ2n) is 9.12. The molecule has 1 saturated carbocycles. The molecule has 172 valence electrons. The standard InChI is InChI=1S/C25H28ClN5O2/c26-19-6-4-17(5-7-19)22-21(20-8-13-27-16-28-20)23(30-29-22)18-9-14-31(15-10-18)24(32)25(33)11-2-1-3-12-25/h4-8,13,16,18,33H,1-3,9-12,14-15H2,(H,29,30). The highest BCUT2D eigenvalue weighted by Crippen LogP contribution is 2.40. The van der Waals surface area contributed by atoms with Gasteiger partial charge in [-0.25, -0.2) is 9.97 Å². The Balaban J connectivity index is 1.40. The number of aromatic nitrogens is 4. The summed E-state index contributed by atoms with van der Waals surface area (Å²) >= 11 is 6.09. The van der Waals surface area contributed by atoms with E-state index < -0.39 is 5.60 Å². The summed E-state index contributed by atoms with van der Waals surface area (Å²) in [5.74, 6) is 0.122. The fourth-order valence-electron chi connectivity index (χ4n) is 5.18. The van der Waals surface area contributed by atoms with Crippen LogP contribution in [0, 0.1) is 0 Å². The number of aromatic amines is 1. The number of H-pyrrole nitrogens is 1.